The number of amidine groups is 1. The van der Waals surface area contributed by atoms with E-state index in [1.54, 1.807) is 0 Å². The maximum Gasteiger partial charge on any atom is 0.388 e. The third-order valence-corrected chi connectivity index (χ3v) is 5.78. The summed E-state index contributed by atoms with van der Waals surface area (Å²) in [5, 5.41) is 2.94. The summed E-state index contributed by atoms with van der Waals surface area (Å²) in [5.74, 6) is -0.956. The Balaban J connectivity index is 1.58. The van der Waals surface area contributed by atoms with E-state index in [1.165, 1.54) is 30.0 Å². The predicted molar refractivity (Wildman–Crippen MR) is 103 cm³/mol. The number of ether oxygens (including phenoxy) is 2. The van der Waals surface area contributed by atoms with Crippen molar-refractivity contribution in [2.45, 2.75) is 12.2 Å². The van der Waals surface area contributed by atoms with Crippen LogP contribution in [0.1, 0.15) is 16.1 Å². The van der Waals surface area contributed by atoms with Gasteiger partial charge in [-0.3, -0.25) is 4.79 Å². The minimum atomic E-state index is -3.05. The van der Waals surface area contributed by atoms with Gasteiger partial charge in [0.15, 0.2) is 5.17 Å². The molecule has 2 aliphatic heterocycles. The van der Waals surface area contributed by atoms with Crippen LogP contribution in [0.15, 0.2) is 35.6 Å². The van der Waals surface area contributed by atoms with E-state index in [0.717, 1.165) is 12.4 Å². The molecule has 158 valence electrons. The van der Waals surface area contributed by atoms with E-state index in [-0.39, 0.29) is 23.8 Å². The number of aromatic nitrogens is 2. The Morgan fingerprint density at radius 3 is 2.93 bits per heavy atom. The fraction of sp³-hybridized carbons (Fsp3) is 0.333. The molecule has 0 bridgehead atoms. The normalized spacial score (nSPS) is 23.1. The maximum atomic E-state index is 14.7. The monoisotopic (exact) mass is 439 g/mol. The summed E-state index contributed by atoms with van der Waals surface area (Å²) >= 11 is 1.39. The first-order valence-corrected chi connectivity index (χ1v) is 9.80. The van der Waals surface area contributed by atoms with Crippen molar-refractivity contribution in [2.24, 2.45) is 16.6 Å². The molecule has 1 aromatic heterocycles. The number of amides is 1. The van der Waals surface area contributed by atoms with E-state index in [9.17, 15) is 18.0 Å². The van der Waals surface area contributed by atoms with Gasteiger partial charge in [-0.15, -0.1) is 0 Å². The highest BCUT2D eigenvalue weighted by Crippen LogP contribution is 2.45. The summed E-state index contributed by atoms with van der Waals surface area (Å²) < 4.78 is 48.8. The van der Waals surface area contributed by atoms with Crippen LogP contribution in [0.3, 0.4) is 0 Å². The number of nitrogens with two attached hydrogens (primary N) is 1. The van der Waals surface area contributed by atoms with Gasteiger partial charge < -0.3 is 20.5 Å². The van der Waals surface area contributed by atoms with Crippen LogP contribution in [0.2, 0.25) is 0 Å². The van der Waals surface area contributed by atoms with Crippen molar-refractivity contribution in [2.75, 3.05) is 24.3 Å². The first-order valence-electron chi connectivity index (χ1n) is 8.81. The third kappa shape index (κ3) is 3.92. The minimum absolute atomic E-state index is 0.0523. The van der Waals surface area contributed by atoms with E-state index in [2.05, 4.69) is 25.0 Å². The van der Waals surface area contributed by atoms with Crippen molar-refractivity contribution >= 4 is 28.5 Å². The standard InChI is InChI=1S/C18H16F3N5O3S/c19-12-2-1-10(25-15(27)13-4-24-14(5-23-13)29-16(20)21)3-11(12)18-8-28-6-9(18)7-30-17(22)26-18/h1-5,9,16H,6-8H2,(H2,22,26)(H,25,27). The zero-order valence-electron chi connectivity index (χ0n) is 15.3. The van der Waals surface area contributed by atoms with Gasteiger partial charge in [0.2, 0.25) is 5.88 Å². The summed E-state index contributed by atoms with van der Waals surface area (Å²) in [6, 6.07) is 4.11. The molecule has 0 saturated carbocycles. The average molecular weight is 439 g/mol. The zero-order chi connectivity index (χ0) is 21.3. The Morgan fingerprint density at radius 2 is 2.20 bits per heavy atom. The first kappa shape index (κ1) is 20.4. The molecule has 1 fully saturated rings. The number of nitrogens with one attached hydrogen (secondary N) is 1. The van der Waals surface area contributed by atoms with Crippen LogP contribution in [0.25, 0.3) is 0 Å². The van der Waals surface area contributed by atoms with E-state index in [0.29, 0.717) is 23.2 Å². The minimum Gasteiger partial charge on any atom is -0.415 e. The number of alkyl halides is 2. The number of hydrogen-bond acceptors (Lipinski definition) is 8. The lowest BCUT2D eigenvalue weighted by molar-refractivity contribution is -0.0531. The molecule has 4 rings (SSSR count). The number of anilines is 1. The Labute approximate surface area is 173 Å². The van der Waals surface area contributed by atoms with Gasteiger partial charge in [0.05, 0.1) is 25.6 Å². The Morgan fingerprint density at radius 1 is 1.37 bits per heavy atom. The number of thioether (sulfide) groups is 1. The molecule has 0 aliphatic carbocycles. The van der Waals surface area contributed by atoms with Crippen LogP contribution in [-0.4, -0.2) is 46.6 Å². The number of carbonyl (C=O) groups is 1. The summed E-state index contributed by atoms with van der Waals surface area (Å²) in [5.41, 5.74) is 5.40. The molecular formula is C18H16F3N5O3S. The molecular weight excluding hydrogens is 423 g/mol. The van der Waals surface area contributed by atoms with E-state index >= 15 is 0 Å². The predicted octanol–water partition coefficient (Wildman–Crippen LogP) is 2.37. The third-order valence-electron chi connectivity index (χ3n) is 4.82. The maximum absolute atomic E-state index is 14.7. The van der Waals surface area contributed by atoms with Crippen molar-refractivity contribution in [3.63, 3.8) is 0 Å². The van der Waals surface area contributed by atoms with Gasteiger partial charge in [0.1, 0.15) is 17.1 Å². The van der Waals surface area contributed by atoms with Crippen molar-refractivity contribution < 1.29 is 27.4 Å². The molecule has 2 aromatic rings. The molecule has 3 heterocycles. The molecule has 2 aliphatic rings. The number of fused-ring (bicyclic) bond motifs is 1. The number of benzene rings is 1. The van der Waals surface area contributed by atoms with Crippen LogP contribution in [0, 0.1) is 11.7 Å². The second kappa shape index (κ2) is 8.11. The number of halogens is 3. The molecule has 8 nitrogen and oxygen atoms in total. The van der Waals surface area contributed by atoms with Gasteiger partial charge >= 0.3 is 6.61 Å². The summed E-state index contributed by atoms with van der Waals surface area (Å²) in [6.07, 6.45) is 1.91. The van der Waals surface area contributed by atoms with Gasteiger partial charge in [0.25, 0.3) is 5.91 Å². The summed E-state index contributed by atoms with van der Waals surface area (Å²) in [6.45, 7) is -2.43. The first-order chi connectivity index (χ1) is 14.4. The highest BCUT2D eigenvalue weighted by molar-refractivity contribution is 8.13. The molecule has 30 heavy (non-hydrogen) atoms. The van der Waals surface area contributed by atoms with Crippen molar-refractivity contribution in [3.05, 3.63) is 47.7 Å². The Bertz CT molecular complexity index is 992. The highest BCUT2D eigenvalue weighted by atomic mass is 32.2. The van der Waals surface area contributed by atoms with Gasteiger partial charge in [-0.1, -0.05) is 11.8 Å². The number of aliphatic imine (C=N–C) groups is 1. The molecule has 0 radical (unpaired) electrons. The lowest BCUT2D eigenvalue weighted by atomic mass is 9.81. The molecule has 3 N–H and O–H groups in total. The number of nitrogens with zero attached hydrogens (tertiary/aromatic N) is 3. The summed E-state index contributed by atoms with van der Waals surface area (Å²) in [7, 11) is 0. The fourth-order valence-electron chi connectivity index (χ4n) is 3.41. The lowest BCUT2D eigenvalue weighted by Crippen LogP contribution is -2.40. The number of hydrogen-bond donors (Lipinski definition) is 2. The van der Waals surface area contributed by atoms with Gasteiger partial charge in [0, 0.05) is 22.9 Å². The second-order valence-electron chi connectivity index (χ2n) is 6.66. The summed E-state index contributed by atoms with van der Waals surface area (Å²) in [4.78, 5) is 24.3. The van der Waals surface area contributed by atoms with Crippen molar-refractivity contribution in [1.82, 2.24) is 9.97 Å². The molecule has 12 heteroatoms. The van der Waals surface area contributed by atoms with E-state index in [4.69, 9.17) is 10.5 Å². The smallest absolute Gasteiger partial charge is 0.388 e. The van der Waals surface area contributed by atoms with E-state index in [1.807, 2.05) is 0 Å². The van der Waals surface area contributed by atoms with Crippen LogP contribution >= 0.6 is 11.8 Å². The lowest BCUT2D eigenvalue weighted by Gasteiger charge is -2.34. The van der Waals surface area contributed by atoms with E-state index < -0.39 is 29.8 Å². The molecule has 1 saturated heterocycles. The van der Waals surface area contributed by atoms with Crippen LogP contribution in [-0.2, 0) is 10.3 Å². The number of rotatable bonds is 5. The zero-order valence-corrected chi connectivity index (χ0v) is 16.2. The largest absolute Gasteiger partial charge is 0.415 e. The average Bonchev–Trinajstić information content (AvgIpc) is 3.13. The molecule has 2 atom stereocenters. The SMILES string of the molecule is NC1=NC2(c3cc(NC(=O)c4cnc(OC(F)F)cn4)ccc3F)COCC2CS1. The van der Waals surface area contributed by atoms with Crippen LogP contribution in [0.5, 0.6) is 5.88 Å². The van der Waals surface area contributed by atoms with Crippen LogP contribution < -0.4 is 15.8 Å². The Hall–Kier alpha value is -2.86. The van der Waals surface area contributed by atoms with Crippen molar-refractivity contribution in [3.8, 4) is 5.88 Å². The quantitative estimate of drug-likeness (QED) is 0.736. The van der Waals surface area contributed by atoms with Gasteiger partial charge in [-0.25, -0.2) is 19.4 Å². The fourth-order valence-corrected chi connectivity index (χ4v) is 4.38. The molecule has 2 unspecified atom stereocenters. The second-order valence-corrected chi connectivity index (χ2v) is 7.70. The van der Waals surface area contributed by atoms with Gasteiger partial charge in [-0.05, 0) is 18.2 Å². The molecule has 1 amide bonds. The topological polar surface area (TPSA) is 112 Å². The molecule has 0 spiro atoms. The van der Waals surface area contributed by atoms with Crippen LogP contribution in [0.4, 0.5) is 18.9 Å². The van der Waals surface area contributed by atoms with Gasteiger partial charge in [-0.2, -0.15) is 8.78 Å². The molecule has 1 aromatic carbocycles. The van der Waals surface area contributed by atoms with Crippen molar-refractivity contribution in [1.29, 1.82) is 0 Å². The highest BCUT2D eigenvalue weighted by Gasteiger charge is 2.49. The number of carbonyl (C=O) groups excluding carboxylic acids is 1. The Kier molecular flexibility index (Phi) is 5.52.